The fourth-order valence-electron chi connectivity index (χ4n) is 2.39. The number of halogens is 1. The Morgan fingerprint density at radius 1 is 1.25 bits per heavy atom. The zero-order valence-corrected chi connectivity index (χ0v) is 10.4. The molecular formula is C10H17ClN2O3. The molecule has 0 saturated carbocycles. The number of hydrogen-bond acceptors (Lipinski definition) is 4. The molecule has 16 heavy (non-hydrogen) atoms. The second-order valence-corrected chi connectivity index (χ2v) is 4.44. The van der Waals surface area contributed by atoms with Crippen LogP contribution in [0.25, 0.3) is 0 Å². The SMILES string of the molecule is CON1C(=O)CC2(CCN(C)CC2)C1=O.Cl. The van der Waals surface area contributed by atoms with Gasteiger partial charge in [0, 0.05) is 6.42 Å². The van der Waals surface area contributed by atoms with E-state index in [-0.39, 0.29) is 24.2 Å². The van der Waals surface area contributed by atoms with Gasteiger partial charge in [-0.1, -0.05) is 0 Å². The van der Waals surface area contributed by atoms with E-state index in [1.807, 2.05) is 7.05 Å². The Balaban J connectivity index is 0.00000128. The van der Waals surface area contributed by atoms with Gasteiger partial charge in [-0.2, -0.15) is 5.06 Å². The molecule has 2 amide bonds. The summed E-state index contributed by atoms with van der Waals surface area (Å²) < 4.78 is 0. The van der Waals surface area contributed by atoms with Crippen LogP contribution in [0.2, 0.25) is 0 Å². The summed E-state index contributed by atoms with van der Waals surface area (Å²) in [6.45, 7) is 1.74. The highest BCUT2D eigenvalue weighted by Gasteiger charge is 2.52. The lowest BCUT2D eigenvalue weighted by molar-refractivity contribution is -0.183. The van der Waals surface area contributed by atoms with Crippen LogP contribution in [0.1, 0.15) is 19.3 Å². The second-order valence-electron chi connectivity index (χ2n) is 4.44. The van der Waals surface area contributed by atoms with Crippen molar-refractivity contribution in [2.24, 2.45) is 5.41 Å². The number of likely N-dealkylation sites (tertiary alicyclic amines) is 1. The van der Waals surface area contributed by atoms with Gasteiger partial charge in [0.2, 0.25) is 0 Å². The summed E-state index contributed by atoms with van der Waals surface area (Å²) in [5, 5.41) is 0.922. The zero-order valence-electron chi connectivity index (χ0n) is 9.56. The van der Waals surface area contributed by atoms with Crippen LogP contribution >= 0.6 is 12.4 Å². The molecule has 0 N–H and O–H groups in total. The van der Waals surface area contributed by atoms with E-state index >= 15 is 0 Å². The van der Waals surface area contributed by atoms with E-state index in [0.717, 1.165) is 31.0 Å². The number of imide groups is 1. The monoisotopic (exact) mass is 248 g/mol. The van der Waals surface area contributed by atoms with E-state index in [1.165, 1.54) is 7.11 Å². The molecule has 2 aliphatic heterocycles. The standard InChI is InChI=1S/C10H16N2O3.ClH/c1-11-5-3-10(4-6-11)7-8(13)12(15-2)9(10)14;/h3-7H2,1-2H3;1H. The molecule has 2 aliphatic rings. The largest absolute Gasteiger partial charge is 0.306 e. The normalized spacial score (nSPS) is 25.0. The zero-order chi connectivity index (χ0) is 11.1. The molecule has 0 aromatic carbocycles. The van der Waals surface area contributed by atoms with Crippen molar-refractivity contribution in [2.75, 3.05) is 27.2 Å². The predicted octanol–water partition coefficient (Wildman–Crippen LogP) is 0.440. The van der Waals surface area contributed by atoms with Crippen molar-refractivity contribution in [3.05, 3.63) is 0 Å². The third kappa shape index (κ3) is 1.95. The van der Waals surface area contributed by atoms with Gasteiger partial charge in [-0.05, 0) is 33.0 Å². The number of piperidine rings is 1. The van der Waals surface area contributed by atoms with Crippen LogP contribution in [-0.4, -0.2) is 49.0 Å². The summed E-state index contributed by atoms with van der Waals surface area (Å²) >= 11 is 0. The Bertz CT molecular complexity index is 300. The molecule has 0 aromatic heterocycles. The van der Waals surface area contributed by atoms with Crippen LogP contribution < -0.4 is 0 Å². The summed E-state index contributed by atoms with van der Waals surface area (Å²) in [7, 11) is 3.39. The third-order valence-electron chi connectivity index (χ3n) is 3.48. The van der Waals surface area contributed by atoms with E-state index in [0.29, 0.717) is 6.42 Å². The lowest BCUT2D eigenvalue weighted by Crippen LogP contribution is -2.43. The maximum Gasteiger partial charge on any atom is 0.260 e. The first kappa shape index (κ1) is 13.4. The highest BCUT2D eigenvalue weighted by atomic mass is 35.5. The minimum absolute atomic E-state index is 0. The van der Waals surface area contributed by atoms with E-state index < -0.39 is 5.41 Å². The predicted molar refractivity (Wildman–Crippen MR) is 59.9 cm³/mol. The van der Waals surface area contributed by atoms with Crippen LogP contribution in [-0.2, 0) is 14.4 Å². The molecule has 92 valence electrons. The van der Waals surface area contributed by atoms with Crippen molar-refractivity contribution in [1.82, 2.24) is 9.96 Å². The number of hydrogen-bond donors (Lipinski definition) is 0. The van der Waals surface area contributed by atoms with E-state index in [1.54, 1.807) is 0 Å². The van der Waals surface area contributed by atoms with Crippen molar-refractivity contribution < 1.29 is 14.4 Å². The molecule has 6 heteroatoms. The smallest absolute Gasteiger partial charge is 0.260 e. The summed E-state index contributed by atoms with van der Waals surface area (Å²) in [5.41, 5.74) is -0.473. The van der Waals surface area contributed by atoms with Gasteiger partial charge >= 0.3 is 0 Å². The molecule has 0 aromatic rings. The Kier molecular flexibility index (Phi) is 3.93. The molecule has 0 aliphatic carbocycles. The number of nitrogens with zero attached hydrogens (tertiary/aromatic N) is 2. The molecule has 1 spiro atoms. The molecule has 2 heterocycles. The van der Waals surface area contributed by atoms with Crippen molar-refractivity contribution in [3.8, 4) is 0 Å². The van der Waals surface area contributed by atoms with Crippen LogP contribution in [0.15, 0.2) is 0 Å². The highest BCUT2D eigenvalue weighted by Crippen LogP contribution is 2.41. The van der Waals surface area contributed by atoms with Crippen molar-refractivity contribution >= 4 is 24.2 Å². The molecule has 2 fully saturated rings. The van der Waals surface area contributed by atoms with Gasteiger partial charge < -0.3 is 4.90 Å². The maximum atomic E-state index is 12.0. The van der Waals surface area contributed by atoms with Gasteiger partial charge in [-0.3, -0.25) is 14.4 Å². The molecule has 0 radical (unpaired) electrons. The maximum absolute atomic E-state index is 12.0. The van der Waals surface area contributed by atoms with Crippen LogP contribution in [0.4, 0.5) is 0 Å². The molecule has 5 nitrogen and oxygen atoms in total. The number of amides is 2. The van der Waals surface area contributed by atoms with Gasteiger partial charge in [-0.25, -0.2) is 0 Å². The average molecular weight is 249 g/mol. The highest BCUT2D eigenvalue weighted by molar-refractivity contribution is 6.04. The summed E-state index contributed by atoms with van der Waals surface area (Å²) in [6, 6.07) is 0. The van der Waals surface area contributed by atoms with E-state index in [2.05, 4.69) is 4.90 Å². The fourth-order valence-corrected chi connectivity index (χ4v) is 2.39. The van der Waals surface area contributed by atoms with Gasteiger partial charge in [0.15, 0.2) is 0 Å². The topological polar surface area (TPSA) is 49.9 Å². The Morgan fingerprint density at radius 2 is 1.81 bits per heavy atom. The van der Waals surface area contributed by atoms with E-state index in [4.69, 9.17) is 4.84 Å². The third-order valence-corrected chi connectivity index (χ3v) is 3.48. The molecule has 2 saturated heterocycles. The Hall–Kier alpha value is -0.650. The Morgan fingerprint density at radius 3 is 2.25 bits per heavy atom. The lowest BCUT2D eigenvalue weighted by atomic mass is 9.77. The van der Waals surface area contributed by atoms with Gasteiger partial charge in [0.25, 0.3) is 11.8 Å². The van der Waals surface area contributed by atoms with Crippen LogP contribution in [0.5, 0.6) is 0 Å². The average Bonchev–Trinajstić information content (AvgIpc) is 2.44. The molecular weight excluding hydrogens is 232 g/mol. The molecule has 0 unspecified atom stereocenters. The van der Waals surface area contributed by atoms with Gasteiger partial charge in [0.1, 0.15) is 0 Å². The first-order chi connectivity index (χ1) is 7.09. The number of hydroxylamine groups is 2. The van der Waals surface area contributed by atoms with E-state index in [9.17, 15) is 9.59 Å². The van der Waals surface area contributed by atoms with Crippen LogP contribution in [0, 0.1) is 5.41 Å². The first-order valence-electron chi connectivity index (χ1n) is 5.19. The fraction of sp³-hybridized carbons (Fsp3) is 0.800. The van der Waals surface area contributed by atoms with Gasteiger partial charge in [0.05, 0.1) is 12.5 Å². The number of carbonyl (C=O) groups excluding carboxylic acids is 2. The second kappa shape index (κ2) is 4.69. The molecule has 0 bridgehead atoms. The van der Waals surface area contributed by atoms with Crippen molar-refractivity contribution in [3.63, 3.8) is 0 Å². The van der Waals surface area contributed by atoms with Crippen LogP contribution in [0.3, 0.4) is 0 Å². The van der Waals surface area contributed by atoms with Crippen molar-refractivity contribution in [2.45, 2.75) is 19.3 Å². The molecule has 2 rings (SSSR count). The quantitative estimate of drug-likeness (QED) is 0.632. The lowest BCUT2D eigenvalue weighted by Gasteiger charge is -2.35. The minimum Gasteiger partial charge on any atom is -0.306 e. The minimum atomic E-state index is -0.473. The van der Waals surface area contributed by atoms with Crippen molar-refractivity contribution in [1.29, 1.82) is 0 Å². The Labute approximate surface area is 101 Å². The summed E-state index contributed by atoms with van der Waals surface area (Å²) in [5.74, 6) is -0.352. The number of carbonyl (C=O) groups is 2. The number of rotatable bonds is 1. The molecule has 0 atom stereocenters. The first-order valence-corrected chi connectivity index (χ1v) is 5.19. The summed E-state index contributed by atoms with van der Waals surface area (Å²) in [6.07, 6.45) is 1.83. The van der Waals surface area contributed by atoms with Gasteiger partial charge in [-0.15, -0.1) is 12.4 Å². The summed E-state index contributed by atoms with van der Waals surface area (Å²) in [4.78, 5) is 30.5.